The van der Waals surface area contributed by atoms with E-state index in [1.54, 1.807) is 0 Å². The highest BCUT2D eigenvalue weighted by Crippen LogP contribution is 2.09. The van der Waals surface area contributed by atoms with E-state index in [0.717, 1.165) is 5.56 Å². The van der Waals surface area contributed by atoms with Crippen LogP contribution in [0.2, 0.25) is 13.1 Å². The highest BCUT2D eigenvalue weighted by Gasteiger charge is 2.24. The lowest BCUT2D eigenvalue weighted by Gasteiger charge is -2.22. The van der Waals surface area contributed by atoms with Gasteiger partial charge in [-0.1, -0.05) is 42.5 Å². The van der Waals surface area contributed by atoms with Crippen LogP contribution in [0.4, 0.5) is 0 Å². The molecule has 0 radical (unpaired) electrons. The fraction of sp³-hybridized carbons (Fsp3) is 0.400. The Morgan fingerprint density at radius 3 is 2.46 bits per heavy atom. The largest absolute Gasteiger partial charge is 0.392 e. The topological polar surface area (TPSA) is 20.2 Å². The Labute approximate surface area is 85.4 Å². The van der Waals surface area contributed by atoms with E-state index < -0.39 is 8.07 Å². The van der Waals surface area contributed by atoms with Crippen molar-refractivity contribution in [3.8, 4) is 0 Å². The van der Waals surface area contributed by atoms with Gasteiger partial charge < -0.3 is 5.11 Å². The van der Waals surface area contributed by atoms with Crippen molar-refractivity contribution in [2.24, 2.45) is 0 Å². The molecule has 0 aliphatic heterocycles. The van der Waals surface area contributed by atoms with Gasteiger partial charge in [0.05, 0.1) is 14.7 Å². The van der Waals surface area contributed by atoms with Crippen molar-refractivity contribution in [3.63, 3.8) is 0 Å². The van der Waals surface area contributed by atoms with Crippen molar-refractivity contribution in [1.29, 1.82) is 0 Å². The second kappa shape index (κ2) is 4.27. The maximum Gasteiger partial charge on any atom is 0.0963 e. The number of aliphatic hydroxyl groups is 1. The molecule has 0 amide bonds. The molecule has 0 heterocycles. The van der Waals surface area contributed by atoms with Crippen molar-refractivity contribution < 1.29 is 5.11 Å². The molecule has 1 rings (SSSR count). The van der Waals surface area contributed by atoms with Gasteiger partial charge in [0.1, 0.15) is 0 Å². The maximum absolute atomic E-state index is 9.16. The summed E-state index contributed by atoms with van der Waals surface area (Å²) in [6.45, 7) is 4.55. The summed E-state index contributed by atoms with van der Waals surface area (Å²) in [6.07, 6.45) is 0. The fourth-order valence-corrected chi connectivity index (χ4v) is 3.55. The molecule has 0 unspecified atom stereocenters. The monoisotopic (exact) mass is 214 g/mol. The van der Waals surface area contributed by atoms with Crippen molar-refractivity contribution in [3.05, 3.63) is 29.8 Å². The third-order valence-electron chi connectivity index (χ3n) is 2.25. The minimum absolute atomic E-state index is 0.115. The quantitative estimate of drug-likeness (QED) is 0.602. The van der Waals surface area contributed by atoms with Crippen LogP contribution in [0.25, 0.3) is 0 Å². The molecule has 3 heteroatoms. The first-order valence-corrected chi connectivity index (χ1v) is 8.11. The van der Waals surface area contributed by atoms with E-state index in [-0.39, 0.29) is 6.61 Å². The van der Waals surface area contributed by atoms with Gasteiger partial charge in [-0.15, -0.1) is 11.6 Å². The van der Waals surface area contributed by atoms with Crippen LogP contribution in [0.5, 0.6) is 0 Å². The Morgan fingerprint density at radius 2 is 1.92 bits per heavy atom. The summed E-state index contributed by atoms with van der Waals surface area (Å²) in [6, 6.07) is 8.01. The second-order valence-corrected chi connectivity index (χ2v) is 9.21. The van der Waals surface area contributed by atoms with E-state index in [9.17, 15) is 0 Å². The summed E-state index contributed by atoms with van der Waals surface area (Å²) in [7, 11) is -1.51. The van der Waals surface area contributed by atoms with Crippen molar-refractivity contribution in [2.75, 3.05) is 5.50 Å². The van der Waals surface area contributed by atoms with Crippen molar-refractivity contribution in [1.82, 2.24) is 0 Å². The van der Waals surface area contributed by atoms with Gasteiger partial charge in [-0.05, 0) is 5.56 Å². The first-order valence-electron chi connectivity index (χ1n) is 4.37. The molecule has 13 heavy (non-hydrogen) atoms. The summed E-state index contributed by atoms with van der Waals surface area (Å²) in [5.41, 5.74) is 1.73. The molecule has 1 N–H and O–H groups in total. The van der Waals surface area contributed by atoms with Gasteiger partial charge in [0.25, 0.3) is 0 Å². The third kappa shape index (κ3) is 2.33. The molecule has 0 aliphatic rings. The van der Waals surface area contributed by atoms with Crippen LogP contribution in [0, 0.1) is 0 Å². The van der Waals surface area contributed by atoms with Gasteiger partial charge in [-0.2, -0.15) is 0 Å². The molecule has 0 bridgehead atoms. The predicted molar refractivity (Wildman–Crippen MR) is 60.2 cm³/mol. The van der Waals surface area contributed by atoms with Crippen molar-refractivity contribution in [2.45, 2.75) is 19.7 Å². The van der Waals surface area contributed by atoms with E-state index in [1.165, 1.54) is 5.19 Å². The van der Waals surface area contributed by atoms with E-state index in [2.05, 4.69) is 19.2 Å². The Morgan fingerprint density at radius 1 is 1.31 bits per heavy atom. The van der Waals surface area contributed by atoms with Crippen LogP contribution >= 0.6 is 11.6 Å². The SMILES string of the molecule is C[Si](C)(CCl)c1ccccc1CO. The fourth-order valence-electron chi connectivity index (χ4n) is 1.39. The molecule has 0 aromatic heterocycles. The number of aliphatic hydroxyl groups excluding tert-OH is 1. The zero-order valence-corrected chi connectivity index (χ0v) is 9.80. The summed E-state index contributed by atoms with van der Waals surface area (Å²) in [5.74, 6) is 0. The highest BCUT2D eigenvalue weighted by atomic mass is 35.5. The standard InChI is InChI=1S/C10H15ClOSi/c1-13(2,8-11)10-6-4-3-5-9(10)7-12/h3-6,12H,7-8H2,1-2H3. The molecule has 1 nitrogen and oxygen atoms in total. The number of hydrogen-bond donors (Lipinski definition) is 1. The smallest absolute Gasteiger partial charge is 0.0963 e. The second-order valence-electron chi connectivity index (χ2n) is 3.83. The van der Waals surface area contributed by atoms with E-state index >= 15 is 0 Å². The van der Waals surface area contributed by atoms with Crippen LogP contribution in [0.15, 0.2) is 24.3 Å². The average molecular weight is 215 g/mol. The average Bonchev–Trinajstić information content (AvgIpc) is 2.18. The Bertz CT molecular complexity index is 286. The lowest BCUT2D eigenvalue weighted by Crippen LogP contribution is -2.45. The molecule has 0 saturated heterocycles. The zero-order valence-electron chi connectivity index (χ0n) is 8.05. The van der Waals surface area contributed by atoms with Gasteiger partial charge in [-0.25, -0.2) is 0 Å². The number of alkyl halides is 1. The maximum atomic E-state index is 9.16. The molecule has 0 spiro atoms. The van der Waals surface area contributed by atoms with Gasteiger partial charge in [0.15, 0.2) is 0 Å². The van der Waals surface area contributed by atoms with Gasteiger partial charge in [0, 0.05) is 5.50 Å². The minimum Gasteiger partial charge on any atom is -0.392 e. The van der Waals surface area contributed by atoms with Crippen LogP contribution in [0.1, 0.15) is 5.56 Å². The molecule has 0 aliphatic carbocycles. The normalized spacial score (nSPS) is 11.7. The number of halogens is 1. The van der Waals surface area contributed by atoms with Gasteiger partial charge in [-0.3, -0.25) is 0 Å². The minimum atomic E-state index is -1.51. The molecular formula is C10H15ClOSi. The van der Waals surface area contributed by atoms with E-state index in [1.807, 2.05) is 18.2 Å². The molecule has 0 saturated carbocycles. The Balaban J connectivity index is 3.12. The lowest BCUT2D eigenvalue weighted by molar-refractivity contribution is 0.283. The summed E-state index contributed by atoms with van der Waals surface area (Å²) in [4.78, 5) is 0. The van der Waals surface area contributed by atoms with Gasteiger partial charge >= 0.3 is 0 Å². The lowest BCUT2D eigenvalue weighted by atomic mass is 10.2. The number of hydrogen-bond acceptors (Lipinski definition) is 1. The molecule has 1 aromatic rings. The summed E-state index contributed by atoms with van der Waals surface area (Å²) in [5, 5.41) is 10.4. The van der Waals surface area contributed by atoms with Crippen molar-refractivity contribution >= 4 is 24.9 Å². The molecule has 0 fully saturated rings. The Kier molecular flexibility index (Phi) is 3.53. The highest BCUT2D eigenvalue weighted by molar-refractivity contribution is 6.94. The molecular weight excluding hydrogens is 200 g/mol. The first kappa shape index (κ1) is 10.8. The predicted octanol–water partition coefficient (Wildman–Crippen LogP) is 1.87. The first-order chi connectivity index (χ1) is 6.11. The van der Waals surface area contributed by atoms with Crippen LogP contribution in [-0.4, -0.2) is 18.7 Å². The summed E-state index contributed by atoms with van der Waals surface area (Å²) >= 11 is 5.94. The van der Waals surface area contributed by atoms with Crippen LogP contribution in [0.3, 0.4) is 0 Å². The van der Waals surface area contributed by atoms with Crippen LogP contribution in [-0.2, 0) is 6.61 Å². The van der Waals surface area contributed by atoms with Gasteiger partial charge in [0.2, 0.25) is 0 Å². The van der Waals surface area contributed by atoms with E-state index in [0.29, 0.717) is 5.50 Å². The summed E-state index contributed by atoms with van der Waals surface area (Å²) < 4.78 is 0. The zero-order chi connectivity index (χ0) is 9.90. The van der Waals surface area contributed by atoms with Crippen LogP contribution < -0.4 is 5.19 Å². The molecule has 72 valence electrons. The molecule has 0 atom stereocenters. The Hall–Kier alpha value is -0.313. The third-order valence-corrected chi connectivity index (χ3v) is 6.87. The molecule has 1 aromatic carbocycles. The number of benzene rings is 1. The number of rotatable bonds is 3. The van der Waals surface area contributed by atoms with E-state index in [4.69, 9.17) is 16.7 Å².